The number of nitrogens with zero attached hydrogens (tertiary/aromatic N) is 5. The number of amides is 1. The van der Waals surface area contributed by atoms with E-state index < -0.39 is 0 Å². The van der Waals surface area contributed by atoms with Gasteiger partial charge in [0.05, 0.1) is 11.4 Å². The Hall–Kier alpha value is -1.77. The van der Waals surface area contributed by atoms with Crippen molar-refractivity contribution < 1.29 is 9.53 Å². The van der Waals surface area contributed by atoms with Gasteiger partial charge in [-0.25, -0.2) is 4.98 Å². The third-order valence-corrected chi connectivity index (χ3v) is 7.20. The SMILES string of the molecule is CO[C@@H](C)c1nc(CN2CCCN(C(=O)[C@H](C)Cc3c(C)nn(C)c3C)CC2)cs1. The number of rotatable bonds is 7. The fourth-order valence-corrected chi connectivity index (χ4v) is 4.92. The van der Waals surface area contributed by atoms with Crippen molar-refractivity contribution in [3.8, 4) is 0 Å². The topological polar surface area (TPSA) is 63.5 Å². The van der Waals surface area contributed by atoms with E-state index in [1.54, 1.807) is 18.4 Å². The number of methoxy groups -OCH3 is 1. The monoisotopic (exact) mass is 433 g/mol. The van der Waals surface area contributed by atoms with Crippen LogP contribution in [-0.4, -0.2) is 63.8 Å². The highest BCUT2D eigenvalue weighted by molar-refractivity contribution is 7.09. The summed E-state index contributed by atoms with van der Waals surface area (Å²) in [7, 11) is 3.67. The molecular weight excluding hydrogens is 398 g/mol. The third kappa shape index (κ3) is 5.28. The van der Waals surface area contributed by atoms with Crippen molar-refractivity contribution in [1.29, 1.82) is 0 Å². The number of carbonyl (C=O) groups excluding carboxylic acids is 1. The second kappa shape index (κ2) is 10.0. The maximum atomic E-state index is 13.1. The molecule has 2 atom stereocenters. The van der Waals surface area contributed by atoms with Crippen LogP contribution in [0.2, 0.25) is 0 Å². The van der Waals surface area contributed by atoms with Crippen LogP contribution < -0.4 is 0 Å². The minimum atomic E-state index is -0.0326. The lowest BCUT2D eigenvalue weighted by Crippen LogP contribution is -2.38. The molecule has 8 heteroatoms. The fourth-order valence-electron chi connectivity index (χ4n) is 4.08. The molecular formula is C22H35N5O2S. The Bertz CT molecular complexity index is 862. The average molecular weight is 434 g/mol. The number of thiazole rings is 1. The number of carbonyl (C=O) groups is 1. The van der Waals surface area contributed by atoms with Gasteiger partial charge in [0.1, 0.15) is 11.1 Å². The van der Waals surface area contributed by atoms with Crippen molar-refractivity contribution in [2.45, 2.75) is 53.2 Å². The van der Waals surface area contributed by atoms with E-state index in [1.807, 2.05) is 37.4 Å². The van der Waals surface area contributed by atoms with E-state index in [-0.39, 0.29) is 17.9 Å². The second-order valence-electron chi connectivity index (χ2n) is 8.39. The second-order valence-corrected chi connectivity index (χ2v) is 9.28. The van der Waals surface area contributed by atoms with Gasteiger partial charge in [-0.1, -0.05) is 6.92 Å². The molecule has 7 nitrogen and oxygen atoms in total. The first-order valence-corrected chi connectivity index (χ1v) is 11.7. The quantitative estimate of drug-likeness (QED) is 0.671. The van der Waals surface area contributed by atoms with Crippen molar-refractivity contribution in [3.05, 3.63) is 33.0 Å². The first-order chi connectivity index (χ1) is 14.3. The average Bonchev–Trinajstić information content (AvgIpc) is 3.18. The third-order valence-electron chi connectivity index (χ3n) is 6.15. The summed E-state index contributed by atoms with van der Waals surface area (Å²) >= 11 is 1.66. The molecule has 0 radical (unpaired) electrons. The highest BCUT2D eigenvalue weighted by Gasteiger charge is 2.25. The van der Waals surface area contributed by atoms with Crippen LogP contribution in [0.5, 0.6) is 0 Å². The Kier molecular flexibility index (Phi) is 7.65. The number of ether oxygens (including phenoxy) is 1. The largest absolute Gasteiger partial charge is 0.375 e. The molecule has 0 N–H and O–H groups in total. The van der Waals surface area contributed by atoms with E-state index in [2.05, 4.69) is 22.3 Å². The van der Waals surface area contributed by atoms with Crippen LogP contribution in [0, 0.1) is 19.8 Å². The van der Waals surface area contributed by atoms with Gasteiger partial charge in [-0.15, -0.1) is 11.3 Å². The van der Waals surface area contributed by atoms with Crippen LogP contribution in [0.15, 0.2) is 5.38 Å². The number of aromatic nitrogens is 3. The molecule has 0 unspecified atom stereocenters. The van der Waals surface area contributed by atoms with Crippen molar-refractivity contribution in [1.82, 2.24) is 24.6 Å². The molecule has 0 aromatic carbocycles. The van der Waals surface area contributed by atoms with E-state index in [0.29, 0.717) is 0 Å². The predicted molar refractivity (Wildman–Crippen MR) is 120 cm³/mol. The zero-order valence-corrected chi connectivity index (χ0v) is 20.0. The lowest BCUT2D eigenvalue weighted by Gasteiger charge is -2.25. The minimum absolute atomic E-state index is 0.0326. The van der Waals surface area contributed by atoms with E-state index in [1.165, 1.54) is 5.56 Å². The first-order valence-electron chi connectivity index (χ1n) is 10.8. The predicted octanol–water partition coefficient (Wildman–Crippen LogP) is 3.11. The standard InChI is InChI=1S/C22H35N5O2S/c1-15(12-20-16(2)24-25(5)17(20)3)22(28)27-9-7-8-26(10-11-27)13-19-14-30-21(23-19)18(4)29-6/h14-15,18H,7-13H2,1-6H3/t15-,18+/m1/s1. The van der Waals surface area contributed by atoms with Crippen LogP contribution in [-0.2, 0) is 29.5 Å². The molecule has 1 fully saturated rings. The molecule has 0 spiro atoms. The molecule has 3 rings (SSSR count). The summed E-state index contributed by atoms with van der Waals surface area (Å²) in [6, 6.07) is 0. The van der Waals surface area contributed by atoms with E-state index in [4.69, 9.17) is 9.72 Å². The molecule has 0 aliphatic carbocycles. The highest BCUT2D eigenvalue weighted by atomic mass is 32.1. The Balaban J connectivity index is 1.55. The van der Waals surface area contributed by atoms with E-state index in [0.717, 1.165) is 67.7 Å². The van der Waals surface area contributed by atoms with Gasteiger partial charge in [0.25, 0.3) is 0 Å². The maximum absolute atomic E-state index is 13.1. The summed E-state index contributed by atoms with van der Waals surface area (Å²) in [6.07, 6.45) is 1.79. The van der Waals surface area contributed by atoms with Crippen LogP contribution in [0.3, 0.4) is 0 Å². The molecule has 1 aliphatic rings. The number of aryl methyl sites for hydroxylation is 2. The normalized spacial score (nSPS) is 17.7. The van der Waals surface area contributed by atoms with Crippen molar-refractivity contribution in [2.24, 2.45) is 13.0 Å². The lowest BCUT2D eigenvalue weighted by molar-refractivity contribution is -0.134. The van der Waals surface area contributed by atoms with Gasteiger partial charge >= 0.3 is 0 Å². The van der Waals surface area contributed by atoms with Crippen LogP contribution in [0.25, 0.3) is 0 Å². The van der Waals surface area contributed by atoms with Gasteiger partial charge in [0.2, 0.25) is 5.91 Å². The minimum Gasteiger partial charge on any atom is -0.375 e. The molecule has 30 heavy (non-hydrogen) atoms. The Labute approximate surface area is 184 Å². The summed E-state index contributed by atoms with van der Waals surface area (Å²) in [4.78, 5) is 22.3. The molecule has 1 aliphatic heterocycles. The smallest absolute Gasteiger partial charge is 0.225 e. The van der Waals surface area contributed by atoms with Gasteiger partial charge in [-0.05, 0) is 39.2 Å². The Morgan fingerprint density at radius 1 is 1.23 bits per heavy atom. The van der Waals surface area contributed by atoms with Gasteiger partial charge in [-0.3, -0.25) is 14.4 Å². The molecule has 2 aromatic heterocycles. The maximum Gasteiger partial charge on any atom is 0.225 e. The van der Waals surface area contributed by atoms with Crippen LogP contribution >= 0.6 is 11.3 Å². The van der Waals surface area contributed by atoms with Gasteiger partial charge in [0, 0.05) is 63.9 Å². The number of hydrogen-bond donors (Lipinski definition) is 0. The molecule has 3 heterocycles. The van der Waals surface area contributed by atoms with Crippen molar-refractivity contribution >= 4 is 17.2 Å². The summed E-state index contributed by atoms with van der Waals surface area (Å²) in [6.45, 7) is 12.5. The lowest BCUT2D eigenvalue weighted by atomic mass is 9.98. The summed E-state index contributed by atoms with van der Waals surface area (Å²) in [5, 5.41) is 7.64. The zero-order chi connectivity index (χ0) is 21.8. The van der Waals surface area contributed by atoms with Crippen LogP contribution in [0.1, 0.15) is 54.0 Å². The van der Waals surface area contributed by atoms with Crippen molar-refractivity contribution in [3.63, 3.8) is 0 Å². The molecule has 0 saturated carbocycles. The van der Waals surface area contributed by atoms with E-state index in [9.17, 15) is 4.79 Å². The first kappa shape index (κ1) is 22.9. The Morgan fingerprint density at radius 2 is 2.00 bits per heavy atom. The number of hydrogen-bond acceptors (Lipinski definition) is 6. The molecule has 1 saturated heterocycles. The molecule has 2 aromatic rings. The van der Waals surface area contributed by atoms with Crippen LogP contribution in [0.4, 0.5) is 0 Å². The van der Waals surface area contributed by atoms with Gasteiger partial charge in [0.15, 0.2) is 0 Å². The van der Waals surface area contributed by atoms with Gasteiger partial charge in [-0.2, -0.15) is 5.10 Å². The zero-order valence-electron chi connectivity index (χ0n) is 19.1. The molecule has 1 amide bonds. The highest BCUT2D eigenvalue weighted by Crippen LogP contribution is 2.22. The van der Waals surface area contributed by atoms with Crippen molar-refractivity contribution in [2.75, 3.05) is 33.3 Å². The fraction of sp³-hybridized carbons (Fsp3) is 0.682. The Morgan fingerprint density at radius 3 is 2.67 bits per heavy atom. The van der Waals surface area contributed by atoms with Gasteiger partial charge < -0.3 is 9.64 Å². The summed E-state index contributed by atoms with van der Waals surface area (Å²) in [5.74, 6) is 0.221. The summed E-state index contributed by atoms with van der Waals surface area (Å²) in [5.41, 5.74) is 4.48. The molecule has 166 valence electrons. The summed E-state index contributed by atoms with van der Waals surface area (Å²) < 4.78 is 7.27. The molecule has 0 bridgehead atoms. The van der Waals surface area contributed by atoms with E-state index >= 15 is 0 Å².